The highest BCUT2D eigenvalue weighted by Crippen LogP contribution is 2.34. The molecule has 3 heteroatoms. The molecule has 68 valence electrons. The Morgan fingerprint density at radius 2 is 2.23 bits per heavy atom. The van der Waals surface area contributed by atoms with E-state index < -0.39 is 0 Å². The van der Waals surface area contributed by atoms with Crippen LogP contribution in [0.3, 0.4) is 0 Å². The number of halogens is 1. The van der Waals surface area contributed by atoms with Crippen molar-refractivity contribution in [2.45, 2.75) is 6.92 Å². The predicted octanol–water partition coefficient (Wildman–Crippen LogP) is 3.25. The highest BCUT2D eigenvalue weighted by molar-refractivity contribution is 9.10. The van der Waals surface area contributed by atoms with Crippen LogP contribution in [0.5, 0.6) is 5.75 Å². The molecule has 1 heterocycles. The van der Waals surface area contributed by atoms with Crippen LogP contribution in [0.2, 0.25) is 0 Å². The van der Waals surface area contributed by atoms with Crippen LogP contribution in [-0.2, 0) is 0 Å². The predicted molar refractivity (Wildman–Crippen MR) is 57.3 cm³/mol. The van der Waals surface area contributed by atoms with Gasteiger partial charge in [0.05, 0.1) is 11.6 Å². The second-order valence-corrected chi connectivity index (χ2v) is 3.77. The van der Waals surface area contributed by atoms with Gasteiger partial charge in [0.1, 0.15) is 5.75 Å². The molecule has 0 bridgehead atoms. The van der Waals surface area contributed by atoms with Crippen molar-refractivity contribution in [2.24, 2.45) is 0 Å². The maximum absolute atomic E-state index is 5.24. The van der Waals surface area contributed by atoms with Crippen LogP contribution in [0, 0.1) is 6.92 Å². The number of fused-ring (bicyclic) bond motifs is 1. The quantitative estimate of drug-likeness (QED) is 0.813. The lowest BCUT2D eigenvalue weighted by atomic mass is 10.1. The fourth-order valence-corrected chi connectivity index (χ4v) is 2.10. The summed E-state index contributed by atoms with van der Waals surface area (Å²) in [5, 5.41) is 1.16. The molecule has 0 aliphatic carbocycles. The summed E-state index contributed by atoms with van der Waals surface area (Å²) in [6.45, 7) is 2.06. The van der Waals surface area contributed by atoms with E-state index >= 15 is 0 Å². The molecule has 0 aliphatic heterocycles. The first-order chi connectivity index (χ1) is 6.24. The second kappa shape index (κ2) is 3.07. The molecule has 1 N–H and O–H groups in total. The van der Waals surface area contributed by atoms with Crippen LogP contribution in [0.15, 0.2) is 22.8 Å². The normalized spacial score (nSPS) is 10.7. The number of rotatable bonds is 1. The molecule has 2 nitrogen and oxygen atoms in total. The highest BCUT2D eigenvalue weighted by atomic mass is 79.9. The summed E-state index contributed by atoms with van der Waals surface area (Å²) in [7, 11) is 1.68. The monoisotopic (exact) mass is 239 g/mol. The topological polar surface area (TPSA) is 25.0 Å². The summed E-state index contributed by atoms with van der Waals surface area (Å²) < 4.78 is 6.25. The van der Waals surface area contributed by atoms with Gasteiger partial charge < -0.3 is 9.72 Å². The molecule has 0 aliphatic rings. The number of nitrogens with one attached hydrogen (secondary N) is 1. The van der Waals surface area contributed by atoms with Crippen molar-refractivity contribution in [1.29, 1.82) is 0 Å². The fourth-order valence-electron chi connectivity index (χ4n) is 1.49. The molecule has 1 aromatic carbocycles. The molecule has 1 aromatic heterocycles. The summed E-state index contributed by atoms with van der Waals surface area (Å²) in [4.78, 5) is 3.19. The number of aromatic amines is 1. The minimum Gasteiger partial charge on any atom is -0.496 e. The van der Waals surface area contributed by atoms with Gasteiger partial charge in [-0.25, -0.2) is 0 Å². The van der Waals surface area contributed by atoms with Crippen molar-refractivity contribution in [3.05, 3.63) is 28.4 Å². The minimum atomic E-state index is 0.879. The van der Waals surface area contributed by atoms with Crippen LogP contribution >= 0.6 is 15.9 Å². The number of hydrogen-bond donors (Lipinski definition) is 1. The Labute approximate surface area is 85.0 Å². The van der Waals surface area contributed by atoms with Crippen LogP contribution < -0.4 is 4.74 Å². The van der Waals surface area contributed by atoms with Crippen molar-refractivity contribution < 1.29 is 4.74 Å². The molecule has 0 unspecified atom stereocenters. The molecule has 0 fully saturated rings. The summed E-state index contributed by atoms with van der Waals surface area (Å²) in [6, 6.07) is 4.05. The fraction of sp³-hybridized carbons (Fsp3) is 0.200. The van der Waals surface area contributed by atoms with Gasteiger partial charge in [0.2, 0.25) is 0 Å². The summed E-state index contributed by atoms with van der Waals surface area (Å²) >= 11 is 3.51. The Bertz CT molecular complexity index is 447. The number of H-pyrrole nitrogens is 1. The van der Waals surface area contributed by atoms with Crippen molar-refractivity contribution in [1.82, 2.24) is 4.98 Å². The molecule has 0 atom stereocenters. The van der Waals surface area contributed by atoms with Gasteiger partial charge in [-0.1, -0.05) is 0 Å². The minimum absolute atomic E-state index is 0.879. The van der Waals surface area contributed by atoms with Gasteiger partial charge in [0.25, 0.3) is 0 Å². The first-order valence-electron chi connectivity index (χ1n) is 4.04. The van der Waals surface area contributed by atoms with Crippen molar-refractivity contribution in [3.8, 4) is 5.75 Å². The Morgan fingerprint density at radius 1 is 1.46 bits per heavy atom. The third-order valence-electron chi connectivity index (χ3n) is 2.16. The maximum Gasteiger partial charge on any atom is 0.134 e. The van der Waals surface area contributed by atoms with E-state index in [-0.39, 0.29) is 0 Å². The average Bonchev–Trinajstić information content (AvgIpc) is 2.60. The van der Waals surface area contributed by atoms with Crippen LogP contribution in [-0.4, -0.2) is 12.1 Å². The first-order valence-corrected chi connectivity index (χ1v) is 4.83. The number of ether oxygens (including phenoxy) is 1. The molecule has 0 saturated heterocycles. The van der Waals surface area contributed by atoms with Crippen LogP contribution in [0.1, 0.15) is 5.56 Å². The van der Waals surface area contributed by atoms with E-state index in [1.807, 2.05) is 18.3 Å². The Hall–Kier alpha value is -0.960. The Kier molecular flexibility index (Phi) is 2.04. The van der Waals surface area contributed by atoms with E-state index in [4.69, 9.17) is 4.74 Å². The third-order valence-corrected chi connectivity index (χ3v) is 2.98. The largest absolute Gasteiger partial charge is 0.496 e. The SMILES string of the molecule is COc1cc(C)c2[nH]ccc2c1Br. The maximum atomic E-state index is 5.24. The van der Waals surface area contributed by atoms with E-state index in [2.05, 4.69) is 27.8 Å². The van der Waals surface area contributed by atoms with E-state index in [0.717, 1.165) is 21.1 Å². The van der Waals surface area contributed by atoms with E-state index in [9.17, 15) is 0 Å². The van der Waals surface area contributed by atoms with E-state index in [1.54, 1.807) is 7.11 Å². The standard InChI is InChI=1S/C10H10BrNO/c1-6-5-8(13-2)9(11)7-3-4-12-10(6)7/h3-5,12H,1-2H3. The molecule has 13 heavy (non-hydrogen) atoms. The molecule has 0 radical (unpaired) electrons. The lowest BCUT2D eigenvalue weighted by Gasteiger charge is -2.06. The molecule has 0 spiro atoms. The van der Waals surface area contributed by atoms with Gasteiger partial charge in [0.15, 0.2) is 0 Å². The summed E-state index contributed by atoms with van der Waals surface area (Å²) in [5.74, 6) is 0.879. The van der Waals surface area contributed by atoms with Gasteiger partial charge in [0, 0.05) is 17.1 Å². The van der Waals surface area contributed by atoms with Gasteiger partial charge in [-0.3, -0.25) is 0 Å². The van der Waals surface area contributed by atoms with Crippen molar-refractivity contribution in [2.75, 3.05) is 7.11 Å². The summed E-state index contributed by atoms with van der Waals surface area (Å²) in [5.41, 5.74) is 2.35. The highest BCUT2D eigenvalue weighted by Gasteiger charge is 2.08. The smallest absolute Gasteiger partial charge is 0.134 e. The lowest BCUT2D eigenvalue weighted by Crippen LogP contribution is -1.87. The number of aromatic nitrogens is 1. The summed E-state index contributed by atoms with van der Waals surface area (Å²) in [6.07, 6.45) is 1.93. The number of benzene rings is 1. The molecule has 0 saturated carbocycles. The van der Waals surface area contributed by atoms with E-state index in [1.165, 1.54) is 5.56 Å². The van der Waals surface area contributed by atoms with Crippen molar-refractivity contribution >= 4 is 26.8 Å². The zero-order valence-electron chi connectivity index (χ0n) is 7.52. The first kappa shape index (κ1) is 8.63. The van der Waals surface area contributed by atoms with E-state index in [0.29, 0.717) is 0 Å². The zero-order valence-corrected chi connectivity index (χ0v) is 9.10. The molecular weight excluding hydrogens is 230 g/mol. The van der Waals surface area contributed by atoms with Gasteiger partial charge in [-0.15, -0.1) is 0 Å². The second-order valence-electron chi connectivity index (χ2n) is 2.98. The van der Waals surface area contributed by atoms with Gasteiger partial charge in [-0.05, 0) is 40.5 Å². The number of aryl methyl sites for hydroxylation is 1. The Morgan fingerprint density at radius 3 is 2.92 bits per heavy atom. The van der Waals surface area contributed by atoms with Crippen molar-refractivity contribution in [3.63, 3.8) is 0 Å². The number of hydrogen-bond acceptors (Lipinski definition) is 1. The van der Waals surface area contributed by atoms with Gasteiger partial charge in [-0.2, -0.15) is 0 Å². The lowest BCUT2D eigenvalue weighted by molar-refractivity contribution is 0.412. The zero-order chi connectivity index (χ0) is 9.42. The molecule has 0 amide bonds. The Balaban J connectivity index is 2.85. The third kappa shape index (κ3) is 1.23. The molecule has 2 aromatic rings. The molecule has 2 rings (SSSR count). The van der Waals surface area contributed by atoms with Crippen LogP contribution in [0.25, 0.3) is 10.9 Å². The number of methoxy groups -OCH3 is 1. The molecular formula is C10H10BrNO. The average molecular weight is 240 g/mol. The van der Waals surface area contributed by atoms with Crippen LogP contribution in [0.4, 0.5) is 0 Å². The van der Waals surface area contributed by atoms with Gasteiger partial charge >= 0.3 is 0 Å².